The third-order valence-electron chi connectivity index (χ3n) is 0. The maximum Gasteiger partial charge on any atom is 0.384 e. The fraction of sp³-hybridized carbons (Fsp3) is 0. The Kier molecular flexibility index (Phi) is 3.14. The summed E-state index contributed by atoms with van der Waals surface area (Å²) in [6.45, 7) is 0. The van der Waals surface area contributed by atoms with Crippen LogP contribution in [0.3, 0.4) is 0 Å². The van der Waals surface area contributed by atoms with Crippen molar-refractivity contribution < 1.29 is 5.02 Å². The molecule has 0 aliphatic heterocycles. The second-order valence-corrected chi connectivity index (χ2v) is 3.64. The first-order valence-electron chi connectivity index (χ1n) is 0.810. The molecule has 1 N–H and O–H groups in total. The maximum absolute atomic E-state index is 8.01. The third kappa shape index (κ3) is 10.8. The Labute approximate surface area is 41.3 Å². The number of rotatable bonds is 0. The lowest BCUT2D eigenvalue weighted by molar-refractivity contribution is 0.620. The molecule has 4 heteroatoms. The Bertz CT molecular complexity index is 12.8. The standard InChI is InChI=1S/BH3IOP/c2-1(3)4/h3H,4H2. The molecule has 4 heavy (non-hydrogen) atoms. The van der Waals surface area contributed by atoms with Crippen LogP contribution in [0.5, 0.6) is 0 Å². The van der Waals surface area contributed by atoms with Gasteiger partial charge in [-0.05, 0) is 0 Å². The summed E-state index contributed by atoms with van der Waals surface area (Å²) in [5, 5.41) is 8.01. The molecule has 0 saturated heterocycles. The van der Waals surface area contributed by atoms with E-state index in [1.165, 1.54) is 0 Å². The van der Waals surface area contributed by atoms with E-state index < -0.39 is 0 Å². The third-order valence-corrected chi connectivity index (χ3v) is 0. The minimum absolute atomic E-state index is 0.280. The van der Waals surface area contributed by atoms with Crippen molar-refractivity contribution in [2.45, 2.75) is 0 Å². The van der Waals surface area contributed by atoms with Crippen LogP contribution >= 0.6 is 31.5 Å². The highest BCUT2D eigenvalue weighted by Gasteiger charge is 1.84. The lowest BCUT2D eigenvalue weighted by Crippen LogP contribution is -1.79. The van der Waals surface area contributed by atoms with Gasteiger partial charge in [-0.15, -0.1) is 31.5 Å². The summed E-state index contributed by atoms with van der Waals surface area (Å²) in [5.41, 5.74) is 0. The largest absolute Gasteiger partial charge is 0.439 e. The predicted molar refractivity (Wildman–Crippen MR) is 31.7 cm³/mol. The van der Waals surface area contributed by atoms with Crippen molar-refractivity contribution >= 4 is 36.0 Å². The van der Waals surface area contributed by atoms with E-state index in [0.717, 1.165) is 0 Å². The highest BCUT2D eigenvalue weighted by Crippen LogP contribution is 1.94. The Morgan fingerprint density at radius 3 is 2.00 bits per heavy atom. The van der Waals surface area contributed by atoms with Gasteiger partial charge in [-0.25, -0.2) is 0 Å². The van der Waals surface area contributed by atoms with Crippen molar-refractivity contribution in [3.8, 4) is 0 Å². The average Bonchev–Trinajstić information content (AvgIpc) is 0.811. The van der Waals surface area contributed by atoms with Crippen molar-refractivity contribution in [2.24, 2.45) is 0 Å². The molecule has 1 nitrogen and oxygen atoms in total. The Morgan fingerprint density at radius 2 is 2.00 bits per heavy atom. The van der Waals surface area contributed by atoms with Crippen molar-refractivity contribution in [3.05, 3.63) is 0 Å². The van der Waals surface area contributed by atoms with Crippen LogP contribution < -0.4 is 0 Å². The van der Waals surface area contributed by atoms with Gasteiger partial charge in [0.1, 0.15) is 0 Å². The van der Waals surface area contributed by atoms with Crippen LogP contribution in [-0.4, -0.2) is 9.52 Å². The minimum atomic E-state index is -0.280. The van der Waals surface area contributed by atoms with Gasteiger partial charge in [0, 0.05) is 0 Å². The Morgan fingerprint density at radius 1 is 2.00 bits per heavy atom. The first-order chi connectivity index (χ1) is 1.73. The molecular formula is H3BIOP. The molecule has 24 valence electrons. The minimum Gasteiger partial charge on any atom is -0.439 e. The smallest absolute Gasteiger partial charge is 0.384 e. The van der Waals surface area contributed by atoms with Crippen LogP contribution in [0.25, 0.3) is 0 Å². The van der Waals surface area contributed by atoms with Gasteiger partial charge in [0.15, 0.2) is 0 Å². The van der Waals surface area contributed by atoms with E-state index in [2.05, 4.69) is 9.12 Å². The maximum atomic E-state index is 8.01. The molecule has 0 amide bonds. The highest BCUT2D eigenvalue weighted by molar-refractivity contribution is 14.1. The van der Waals surface area contributed by atoms with Gasteiger partial charge in [-0.3, -0.25) is 0 Å². The number of halogens is 1. The van der Waals surface area contributed by atoms with Crippen molar-refractivity contribution in [2.75, 3.05) is 0 Å². The molecular weight excluding hydrogens is 185 g/mol. The fourth-order valence-electron chi connectivity index (χ4n) is 0. The summed E-state index contributed by atoms with van der Waals surface area (Å²) in [4.78, 5) is 0. The van der Waals surface area contributed by atoms with Crippen LogP contribution in [0.15, 0.2) is 0 Å². The van der Waals surface area contributed by atoms with E-state index in [1.54, 1.807) is 0 Å². The highest BCUT2D eigenvalue weighted by atomic mass is 127. The lowest BCUT2D eigenvalue weighted by atomic mass is 10.6. The normalized spacial score (nSPS) is 6.75. The van der Waals surface area contributed by atoms with E-state index in [-0.39, 0.29) is 4.49 Å². The summed E-state index contributed by atoms with van der Waals surface area (Å²) in [5.74, 6) is 0. The van der Waals surface area contributed by atoms with Gasteiger partial charge in [-0.2, -0.15) is 0 Å². The molecule has 0 saturated carbocycles. The molecule has 0 bridgehead atoms. The van der Waals surface area contributed by atoms with Gasteiger partial charge < -0.3 is 5.02 Å². The molecule has 0 aromatic rings. The molecule has 0 aromatic carbocycles. The molecule has 0 heterocycles. The summed E-state index contributed by atoms with van der Waals surface area (Å²) in [7, 11) is 2.20. The quantitative estimate of drug-likeness (QED) is 0.328. The average molecular weight is 188 g/mol. The van der Waals surface area contributed by atoms with Gasteiger partial charge in [0.05, 0.1) is 0 Å². The number of hydrogen-bond donors (Lipinski definition) is 1. The van der Waals surface area contributed by atoms with Crippen LogP contribution in [-0.2, 0) is 0 Å². The van der Waals surface area contributed by atoms with Gasteiger partial charge in [-0.1, -0.05) is 0 Å². The first-order valence-corrected chi connectivity index (χ1v) is 2.72. The Balaban J connectivity index is 2.32. The molecule has 0 rings (SSSR count). The molecule has 0 spiro atoms. The zero-order chi connectivity index (χ0) is 3.58. The van der Waals surface area contributed by atoms with E-state index in [0.29, 0.717) is 0 Å². The summed E-state index contributed by atoms with van der Waals surface area (Å²) in [6.07, 6.45) is 0. The van der Waals surface area contributed by atoms with Crippen LogP contribution in [0.4, 0.5) is 0 Å². The van der Waals surface area contributed by atoms with Crippen molar-refractivity contribution in [1.29, 1.82) is 0 Å². The van der Waals surface area contributed by atoms with Gasteiger partial charge in [0.25, 0.3) is 0 Å². The first kappa shape index (κ1) is 5.18. The predicted octanol–water partition coefficient (Wildman–Crippen LogP) is 0.274. The zero-order valence-electron chi connectivity index (χ0n) is 1.98. The Hall–Kier alpha value is 1.18. The van der Waals surface area contributed by atoms with E-state index in [1.807, 2.05) is 22.4 Å². The SMILES string of the molecule is OB(P)I. The second-order valence-electron chi connectivity index (χ2n) is 0.373. The van der Waals surface area contributed by atoms with Crippen molar-refractivity contribution in [3.63, 3.8) is 0 Å². The van der Waals surface area contributed by atoms with E-state index in [4.69, 9.17) is 5.02 Å². The topological polar surface area (TPSA) is 20.2 Å². The van der Waals surface area contributed by atoms with E-state index in [9.17, 15) is 0 Å². The van der Waals surface area contributed by atoms with Crippen LogP contribution in [0.1, 0.15) is 0 Å². The van der Waals surface area contributed by atoms with Gasteiger partial charge in [0.2, 0.25) is 0 Å². The molecule has 0 aromatic heterocycles. The molecule has 0 aliphatic rings. The summed E-state index contributed by atoms with van der Waals surface area (Å²) in [6, 6.07) is 0. The zero-order valence-corrected chi connectivity index (χ0v) is 5.29. The molecule has 0 radical (unpaired) electrons. The molecule has 0 aliphatic carbocycles. The molecule has 0 fully saturated rings. The van der Waals surface area contributed by atoms with E-state index >= 15 is 0 Å². The monoisotopic (exact) mass is 188 g/mol. The number of hydrogen-bond acceptors (Lipinski definition) is 1. The van der Waals surface area contributed by atoms with Crippen LogP contribution in [0, 0.1) is 0 Å². The molecule has 1 atom stereocenters. The fourth-order valence-corrected chi connectivity index (χ4v) is 0. The second kappa shape index (κ2) is 2.42. The lowest BCUT2D eigenvalue weighted by Gasteiger charge is -1.69. The molecule has 1 unspecified atom stereocenters. The van der Waals surface area contributed by atoms with Gasteiger partial charge >= 0.3 is 4.49 Å². The van der Waals surface area contributed by atoms with Crippen LogP contribution in [0.2, 0.25) is 0 Å². The summed E-state index contributed by atoms with van der Waals surface area (Å²) >= 11 is 1.86. The van der Waals surface area contributed by atoms with Crippen molar-refractivity contribution in [1.82, 2.24) is 0 Å². The summed E-state index contributed by atoms with van der Waals surface area (Å²) < 4.78 is -0.280.